The molecule has 4 heterocycles. The van der Waals surface area contributed by atoms with Crippen molar-refractivity contribution in [3.8, 4) is 5.75 Å². The highest BCUT2D eigenvalue weighted by Gasteiger charge is 2.49. The molecular weight excluding hydrogens is 408 g/mol. The molecule has 2 fully saturated rings. The van der Waals surface area contributed by atoms with Crippen LogP contribution in [0.15, 0.2) is 30.5 Å². The summed E-state index contributed by atoms with van der Waals surface area (Å²) in [6.45, 7) is 4.81. The monoisotopic (exact) mass is 440 g/mol. The van der Waals surface area contributed by atoms with Crippen LogP contribution in [-0.4, -0.2) is 64.8 Å². The van der Waals surface area contributed by atoms with Gasteiger partial charge in [0.1, 0.15) is 23.9 Å². The number of nitrogens with one attached hydrogen (secondary N) is 1. The van der Waals surface area contributed by atoms with Crippen LogP contribution in [-0.2, 0) is 14.4 Å². The molecule has 5 rings (SSSR count). The Hall–Kier alpha value is -2.87. The Morgan fingerprint density at radius 2 is 1.97 bits per heavy atom. The Morgan fingerprint density at radius 3 is 2.69 bits per heavy atom. The van der Waals surface area contributed by atoms with E-state index in [1.54, 1.807) is 16.0 Å². The maximum absolute atomic E-state index is 13.8. The summed E-state index contributed by atoms with van der Waals surface area (Å²) in [7, 11) is 0. The van der Waals surface area contributed by atoms with E-state index in [-0.39, 0.29) is 23.6 Å². The van der Waals surface area contributed by atoms with E-state index in [4.69, 9.17) is 10.5 Å². The second-order valence-electron chi connectivity index (χ2n) is 8.93. The minimum absolute atomic E-state index is 0.000670. The minimum atomic E-state index is -0.802. The zero-order valence-corrected chi connectivity index (χ0v) is 18.7. The topological polar surface area (TPSA) is 105 Å². The lowest BCUT2D eigenvalue weighted by molar-refractivity contribution is -0.149. The Kier molecular flexibility index (Phi) is 6.50. The number of carbonyl (C=O) groups is 3. The third-order valence-corrected chi connectivity index (χ3v) is 6.93. The van der Waals surface area contributed by atoms with Crippen molar-refractivity contribution >= 4 is 23.8 Å². The number of rotatable bonds is 3. The van der Waals surface area contributed by atoms with E-state index in [2.05, 4.69) is 5.32 Å². The molecule has 2 bridgehead atoms. The summed E-state index contributed by atoms with van der Waals surface area (Å²) in [5, 5.41) is 2.80. The van der Waals surface area contributed by atoms with Crippen molar-refractivity contribution in [2.75, 3.05) is 13.1 Å². The standard InChI is InChI=1S/C24H32N4O4/c1-3-15(2)20(25)23(30)28-14-11-19-21(28)24(31)27-13-4-5-18(27)22(29)26-12-10-16-6-8-17(32-19)9-7-16/h6-10,12,15,18-21H,3-5,11,13-14,25H2,1-2H3,(H,26,29). The van der Waals surface area contributed by atoms with Crippen LogP contribution in [0.3, 0.4) is 0 Å². The molecule has 0 radical (unpaired) electrons. The molecule has 1 aromatic carbocycles. The molecule has 0 saturated carbocycles. The molecule has 4 aliphatic rings. The first-order valence-corrected chi connectivity index (χ1v) is 11.5. The molecule has 2 saturated heterocycles. The average molecular weight is 441 g/mol. The van der Waals surface area contributed by atoms with Crippen LogP contribution in [0.25, 0.3) is 6.08 Å². The van der Waals surface area contributed by atoms with Crippen LogP contribution < -0.4 is 15.8 Å². The van der Waals surface area contributed by atoms with Crippen LogP contribution in [0, 0.1) is 5.92 Å². The fourth-order valence-electron chi connectivity index (χ4n) is 4.74. The number of nitrogens with two attached hydrogens (primary N) is 1. The minimum Gasteiger partial charge on any atom is -0.488 e. The van der Waals surface area contributed by atoms with Crippen LogP contribution >= 0.6 is 0 Å². The molecule has 0 spiro atoms. The van der Waals surface area contributed by atoms with Gasteiger partial charge in [-0.1, -0.05) is 32.4 Å². The second kappa shape index (κ2) is 9.32. The zero-order chi connectivity index (χ0) is 22.8. The first-order chi connectivity index (χ1) is 15.4. The van der Waals surface area contributed by atoms with Crippen molar-refractivity contribution < 1.29 is 19.1 Å². The van der Waals surface area contributed by atoms with Crippen molar-refractivity contribution in [3.05, 3.63) is 36.0 Å². The number of nitrogens with zero attached hydrogens (tertiary/aromatic N) is 2. The van der Waals surface area contributed by atoms with Crippen molar-refractivity contribution in [2.24, 2.45) is 11.7 Å². The van der Waals surface area contributed by atoms with Gasteiger partial charge in [-0.05, 0) is 42.5 Å². The lowest BCUT2D eigenvalue weighted by atomic mass is 9.98. The molecule has 4 aliphatic heterocycles. The molecule has 0 aliphatic carbocycles. The molecule has 8 nitrogen and oxygen atoms in total. The lowest BCUT2D eigenvalue weighted by Gasteiger charge is -2.34. The number of hydrogen-bond donors (Lipinski definition) is 2. The van der Waals surface area contributed by atoms with Gasteiger partial charge in [0.15, 0.2) is 0 Å². The second-order valence-corrected chi connectivity index (χ2v) is 8.93. The van der Waals surface area contributed by atoms with Gasteiger partial charge in [-0.15, -0.1) is 0 Å². The third kappa shape index (κ3) is 4.24. The lowest BCUT2D eigenvalue weighted by Crippen LogP contribution is -2.58. The van der Waals surface area contributed by atoms with E-state index >= 15 is 0 Å². The largest absolute Gasteiger partial charge is 0.488 e. The predicted molar refractivity (Wildman–Crippen MR) is 120 cm³/mol. The van der Waals surface area contributed by atoms with Gasteiger partial charge in [0, 0.05) is 25.7 Å². The van der Waals surface area contributed by atoms with Crippen LogP contribution in [0.1, 0.15) is 45.1 Å². The van der Waals surface area contributed by atoms with Gasteiger partial charge in [0.05, 0.1) is 6.04 Å². The maximum Gasteiger partial charge on any atom is 0.249 e. The molecule has 172 valence electrons. The fourth-order valence-corrected chi connectivity index (χ4v) is 4.74. The highest BCUT2D eigenvalue weighted by atomic mass is 16.5. The van der Waals surface area contributed by atoms with Gasteiger partial charge in [0.2, 0.25) is 17.7 Å². The zero-order valence-electron chi connectivity index (χ0n) is 18.7. The van der Waals surface area contributed by atoms with E-state index in [1.165, 1.54) is 0 Å². The predicted octanol–water partition coefficient (Wildman–Crippen LogP) is 1.50. The first-order valence-electron chi connectivity index (χ1n) is 11.5. The van der Waals surface area contributed by atoms with E-state index < -0.39 is 24.2 Å². The van der Waals surface area contributed by atoms with Crippen LogP contribution in [0.5, 0.6) is 5.75 Å². The molecule has 1 aromatic rings. The van der Waals surface area contributed by atoms with Crippen molar-refractivity contribution in [1.29, 1.82) is 0 Å². The van der Waals surface area contributed by atoms with E-state index in [9.17, 15) is 14.4 Å². The van der Waals surface area contributed by atoms with Gasteiger partial charge in [-0.3, -0.25) is 14.4 Å². The Morgan fingerprint density at radius 1 is 1.22 bits per heavy atom. The summed E-state index contributed by atoms with van der Waals surface area (Å²) in [4.78, 5) is 43.1. The molecule has 32 heavy (non-hydrogen) atoms. The molecule has 0 aromatic heterocycles. The Balaban J connectivity index is 1.69. The van der Waals surface area contributed by atoms with Crippen LogP contribution in [0.4, 0.5) is 0 Å². The number of hydrogen-bond acceptors (Lipinski definition) is 5. The quantitative estimate of drug-likeness (QED) is 0.741. The smallest absolute Gasteiger partial charge is 0.249 e. The van der Waals surface area contributed by atoms with Crippen molar-refractivity contribution in [3.63, 3.8) is 0 Å². The van der Waals surface area contributed by atoms with E-state index in [0.717, 1.165) is 18.4 Å². The summed E-state index contributed by atoms with van der Waals surface area (Å²) < 4.78 is 6.22. The SMILES string of the molecule is CCC(C)C(N)C(=O)N1CCC2Oc3ccc(cc3)C=CNC(=O)C3CCCN3C(=O)C21. The molecule has 8 heteroatoms. The summed E-state index contributed by atoms with van der Waals surface area (Å²) in [6, 6.07) is 5.41. The first kappa shape index (κ1) is 22.3. The van der Waals surface area contributed by atoms with Crippen LogP contribution in [0.2, 0.25) is 0 Å². The Bertz CT molecular complexity index is 900. The highest BCUT2D eigenvalue weighted by molar-refractivity contribution is 5.94. The van der Waals surface area contributed by atoms with E-state index in [1.807, 2.05) is 44.2 Å². The summed E-state index contributed by atoms with van der Waals surface area (Å²) >= 11 is 0. The average Bonchev–Trinajstić information content (AvgIpc) is 3.45. The van der Waals surface area contributed by atoms with E-state index in [0.29, 0.717) is 31.7 Å². The summed E-state index contributed by atoms with van der Waals surface area (Å²) in [6.07, 6.45) is 5.55. The third-order valence-electron chi connectivity index (χ3n) is 6.93. The fraction of sp³-hybridized carbons (Fsp3) is 0.542. The van der Waals surface area contributed by atoms with Gasteiger partial charge < -0.3 is 25.6 Å². The number of carbonyl (C=O) groups excluding carboxylic acids is 3. The van der Waals surface area contributed by atoms with Gasteiger partial charge in [-0.2, -0.15) is 0 Å². The van der Waals surface area contributed by atoms with Gasteiger partial charge in [0.25, 0.3) is 0 Å². The summed E-state index contributed by atoms with van der Waals surface area (Å²) in [5.41, 5.74) is 7.18. The van der Waals surface area contributed by atoms with Crippen molar-refractivity contribution in [1.82, 2.24) is 15.1 Å². The molecule has 5 atom stereocenters. The molecule has 3 amide bonds. The maximum atomic E-state index is 13.8. The highest BCUT2D eigenvalue weighted by Crippen LogP contribution is 2.30. The number of benzene rings is 1. The number of fused-ring (bicyclic) bond motifs is 4. The Labute approximate surface area is 188 Å². The van der Waals surface area contributed by atoms with Gasteiger partial charge >= 0.3 is 0 Å². The summed E-state index contributed by atoms with van der Waals surface area (Å²) in [5.74, 6) is -0.0494. The molecular formula is C24H32N4O4. The number of likely N-dealkylation sites (tertiary alicyclic amines) is 1. The number of amides is 3. The normalized spacial score (nSPS) is 27.3. The van der Waals surface area contributed by atoms with Crippen molar-refractivity contribution in [2.45, 2.75) is 63.8 Å². The molecule has 3 N–H and O–H groups in total. The molecule has 5 unspecified atom stereocenters. The number of ether oxygens (including phenoxy) is 1. The van der Waals surface area contributed by atoms with Gasteiger partial charge in [-0.25, -0.2) is 0 Å².